The number of furan rings is 1. The summed E-state index contributed by atoms with van der Waals surface area (Å²) in [6.07, 6.45) is 5.50. The van der Waals surface area contributed by atoms with Crippen molar-refractivity contribution in [1.82, 2.24) is 10.6 Å². The predicted octanol–water partition coefficient (Wildman–Crippen LogP) is 2.41. The normalized spacial score (nSPS) is 12.1. The van der Waals surface area contributed by atoms with E-state index in [1.165, 1.54) is 12.1 Å². The molecular weight excluding hydrogens is 404 g/mol. The molecule has 2 rings (SSSR count). The molecule has 1 aromatic heterocycles. The fourth-order valence-corrected chi connectivity index (χ4v) is 3.13. The van der Waals surface area contributed by atoms with Crippen molar-refractivity contribution >= 4 is 16.0 Å². The highest BCUT2D eigenvalue weighted by Crippen LogP contribution is 2.09. The monoisotopic (exact) mass is 436 g/mol. The van der Waals surface area contributed by atoms with E-state index >= 15 is 0 Å². The molecule has 4 N–H and O–H groups in total. The number of hydrogen-bond donors (Lipinski definition) is 3. The molecule has 0 fully saturated rings. The van der Waals surface area contributed by atoms with E-state index in [0.717, 1.165) is 50.2 Å². The Bertz CT molecular complexity index is 850. The Labute approximate surface area is 179 Å². The van der Waals surface area contributed by atoms with Crippen LogP contribution in [0.4, 0.5) is 0 Å². The minimum absolute atomic E-state index is 0.0909. The molecule has 1 aromatic carbocycles. The van der Waals surface area contributed by atoms with E-state index in [4.69, 9.17) is 14.3 Å². The number of nitrogens with one attached hydrogen (secondary N) is 2. The van der Waals surface area contributed by atoms with Gasteiger partial charge in [0, 0.05) is 32.7 Å². The van der Waals surface area contributed by atoms with Gasteiger partial charge in [0.05, 0.1) is 17.7 Å². The first-order valence-corrected chi connectivity index (χ1v) is 11.8. The zero-order valence-electron chi connectivity index (χ0n) is 17.5. The molecule has 1 heterocycles. The first-order valence-electron chi connectivity index (χ1n) is 10.2. The van der Waals surface area contributed by atoms with Crippen molar-refractivity contribution < 1.29 is 17.6 Å². The fourth-order valence-electron chi connectivity index (χ4n) is 2.62. The summed E-state index contributed by atoms with van der Waals surface area (Å²) >= 11 is 0. The minimum atomic E-state index is -3.69. The van der Waals surface area contributed by atoms with Gasteiger partial charge in [-0.1, -0.05) is 25.5 Å². The molecule has 0 aliphatic rings. The summed E-state index contributed by atoms with van der Waals surface area (Å²) in [4.78, 5) is 4.69. The third-order valence-electron chi connectivity index (χ3n) is 4.32. The van der Waals surface area contributed by atoms with Crippen LogP contribution >= 0.6 is 0 Å². The maximum absolute atomic E-state index is 11.4. The van der Waals surface area contributed by atoms with E-state index < -0.39 is 10.0 Å². The van der Waals surface area contributed by atoms with Crippen LogP contribution in [0.5, 0.6) is 0 Å². The molecule has 0 saturated carbocycles. The Kier molecular flexibility index (Phi) is 10.4. The number of primary sulfonamides is 1. The number of guanidine groups is 1. The lowest BCUT2D eigenvalue weighted by atomic mass is 10.2. The Morgan fingerprint density at radius 2 is 1.83 bits per heavy atom. The molecule has 166 valence electrons. The molecule has 0 atom stereocenters. The van der Waals surface area contributed by atoms with E-state index in [-0.39, 0.29) is 4.90 Å². The van der Waals surface area contributed by atoms with E-state index in [0.29, 0.717) is 25.7 Å². The van der Waals surface area contributed by atoms with Crippen LogP contribution in [0.2, 0.25) is 0 Å². The number of sulfonamides is 1. The van der Waals surface area contributed by atoms with Crippen LogP contribution in [-0.4, -0.2) is 40.7 Å². The Morgan fingerprint density at radius 3 is 2.50 bits per heavy atom. The highest BCUT2D eigenvalue weighted by atomic mass is 32.2. The highest BCUT2D eigenvalue weighted by Gasteiger charge is 2.07. The Morgan fingerprint density at radius 1 is 1.10 bits per heavy atom. The molecule has 0 aliphatic heterocycles. The van der Waals surface area contributed by atoms with Gasteiger partial charge in [0.2, 0.25) is 10.0 Å². The van der Waals surface area contributed by atoms with Crippen LogP contribution in [0, 0.1) is 0 Å². The van der Waals surface area contributed by atoms with Crippen molar-refractivity contribution in [3.63, 3.8) is 0 Å². The van der Waals surface area contributed by atoms with Gasteiger partial charge in [-0.3, -0.25) is 0 Å². The van der Waals surface area contributed by atoms with Gasteiger partial charge in [0.1, 0.15) is 5.76 Å². The van der Waals surface area contributed by atoms with Crippen molar-refractivity contribution in [2.24, 2.45) is 10.1 Å². The van der Waals surface area contributed by atoms with Gasteiger partial charge < -0.3 is 19.8 Å². The highest BCUT2D eigenvalue weighted by molar-refractivity contribution is 7.89. The summed E-state index contributed by atoms with van der Waals surface area (Å²) in [5.41, 5.74) is 0.887. The number of hydrogen-bond acceptors (Lipinski definition) is 5. The average molecular weight is 437 g/mol. The zero-order chi connectivity index (χ0) is 21.7. The molecular formula is C21H32N4O4S. The molecule has 0 bridgehead atoms. The van der Waals surface area contributed by atoms with Gasteiger partial charge in [-0.05, 0) is 42.7 Å². The summed E-state index contributed by atoms with van der Waals surface area (Å²) in [5.74, 6) is 1.59. The van der Waals surface area contributed by atoms with Gasteiger partial charge in [0.15, 0.2) is 5.96 Å². The number of unbranched alkanes of at least 4 members (excludes halogenated alkanes) is 1. The van der Waals surface area contributed by atoms with Gasteiger partial charge in [-0.15, -0.1) is 0 Å². The van der Waals surface area contributed by atoms with Crippen LogP contribution in [0.15, 0.2) is 57.0 Å². The zero-order valence-corrected chi connectivity index (χ0v) is 18.3. The van der Waals surface area contributed by atoms with Crippen LogP contribution in [0.3, 0.4) is 0 Å². The van der Waals surface area contributed by atoms with E-state index in [2.05, 4.69) is 22.5 Å². The number of benzene rings is 1. The SMILES string of the molecule is CCCCOCCCNC(=NCc1ccc(S(N)(=O)=O)cc1)NCCc1ccco1. The predicted molar refractivity (Wildman–Crippen MR) is 118 cm³/mol. The number of ether oxygens (including phenoxy) is 1. The van der Waals surface area contributed by atoms with E-state index in [1.807, 2.05) is 12.1 Å². The summed E-state index contributed by atoms with van der Waals surface area (Å²) in [6.45, 7) is 5.48. The summed E-state index contributed by atoms with van der Waals surface area (Å²) in [6, 6.07) is 10.2. The number of nitrogens with two attached hydrogens (primary N) is 1. The second kappa shape index (κ2) is 13.0. The number of aliphatic imine (C=N–C) groups is 1. The maximum atomic E-state index is 11.4. The summed E-state index contributed by atoms with van der Waals surface area (Å²) < 4.78 is 33.7. The second-order valence-electron chi connectivity index (χ2n) is 6.86. The van der Waals surface area contributed by atoms with Crippen LogP contribution in [-0.2, 0) is 27.7 Å². The van der Waals surface area contributed by atoms with Gasteiger partial charge in [-0.2, -0.15) is 0 Å². The topological polar surface area (TPSA) is 119 Å². The average Bonchev–Trinajstić information content (AvgIpc) is 3.24. The van der Waals surface area contributed by atoms with E-state index in [1.54, 1.807) is 18.4 Å². The largest absolute Gasteiger partial charge is 0.469 e. The lowest BCUT2D eigenvalue weighted by Gasteiger charge is -2.12. The molecule has 8 nitrogen and oxygen atoms in total. The van der Waals surface area contributed by atoms with Gasteiger partial charge in [0.25, 0.3) is 0 Å². The lowest BCUT2D eigenvalue weighted by Crippen LogP contribution is -2.39. The maximum Gasteiger partial charge on any atom is 0.238 e. The number of nitrogens with zero attached hydrogens (tertiary/aromatic N) is 1. The Balaban J connectivity index is 1.86. The van der Waals surface area contributed by atoms with Crippen molar-refractivity contribution in [3.05, 3.63) is 54.0 Å². The molecule has 9 heteroatoms. The second-order valence-corrected chi connectivity index (χ2v) is 8.42. The molecule has 0 radical (unpaired) electrons. The fraction of sp³-hybridized carbons (Fsp3) is 0.476. The van der Waals surface area contributed by atoms with Crippen molar-refractivity contribution in [2.75, 3.05) is 26.3 Å². The van der Waals surface area contributed by atoms with Crippen LogP contribution in [0.1, 0.15) is 37.5 Å². The molecule has 2 aromatic rings. The van der Waals surface area contributed by atoms with Crippen molar-refractivity contribution in [2.45, 2.75) is 44.0 Å². The van der Waals surface area contributed by atoms with Gasteiger partial charge in [-0.25, -0.2) is 18.5 Å². The molecule has 0 saturated heterocycles. The van der Waals surface area contributed by atoms with Crippen LogP contribution < -0.4 is 15.8 Å². The number of rotatable bonds is 13. The van der Waals surface area contributed by atoms with E-state index in [9.17, 15) is 8.42 Å². The molecule has 30 heavy (non-hydrogen) atoms. The standard InChI is InChI=1S/C21H32N4O4S/c1-2-3-14-28-15-5-12-23-21(24-13-11-19-6-4-16-29-19)25-17-18-7-9-20(10-8-18)30(22,26)27/h4,6-10,16H,2-3,5,11-15,17H2,1H3,(H2,22,26,27)(H2,23,24,25). The minimum Gasteiger partial charge on any atom is -0.469 e. The molecule has 0 unspecified atom stereocenters. The first kappa shape index (κ1) is 23.9. The summed E-state index contributed by atoms with van der Waals surface area (Å²) in [7, 11) is -3.69. The van der Waals surface area contributed by atoms with Gasteiger partial charge >= 0.3 is 0 Å². The summed E-state index contributed by atoms with van der Waals surface area (Å²) in [5, 5.41) is 11.7. The van der Waals surface area contributed by atoms with Crippen molar-refractivity contribution in [1.29, 1.82) is 0 Å². The molecule has 0 amide bonds. The quantitative estimate of drug-likeness (QED) is 0.252. The third-order valence-corrected chi connectivity index (χ3v) is 5.24. The third kappa shape index (κ3) is 9.43. The smallest absolute Gasteiger partial charge is 0.238 e. The van der Waals surface area contributed by atoms with Crippen molar-refractivity contribution in [3.8, 4) is 0 Å². The molecule has 0 aliphatic carbocycles. The lowest BCUT2D eigenvalue weighted by molar-refractivity contribution is 0.129. The first-order chi connectivity index (χ1) is 14.5. The Hall–Kier alpha value is -2.36. The molecule has 0 spiro atoms. The van der Waals surface area contributed by atoms with Crippen LogP contribution in [0.25, 0.3) is 0 Å².